The molecule has 1 saturated heterocycles. The largest absolute Gasteiger partial charge is 0.454 e. The van der Waals surface area contributed by atoms with E-state index in [2.05, 4.69) is 20.9 Å². The summed E-state index contributed by atoms with van der Waals surface area (Å²) in [5.74, 6) is -2.47. The minimum atomic E-state index is -1.02. The molecule has 3 N–H and O–H groups in total. The van der Waals surface area contributed by atoms with Gasteiger partial charge in [-0.2, -0.15) is 0 Å². The van der Waals surface area contributed by atoms with Crippen molar-refractivity contribution in [3.8, 4) is 0 Å². The van der Waals surface area contributed by atoms with E-state index in [4.69, 9.17) is 4.74 Å². The van der Waals surface area contributed by atoms with Crippen molar-refractivity contribution in [1.82, 2.24) is 20.9 Å². The highest BCUT2D eigenvalue weighted by Crippen LogP contribution is 2.18. The zero-order valence-electron chi connectivity index (χ0n) is 15.2. The molecule has 0 radical (unpaired) electrons. The Morgan fingerprint density at radius 2 is 2.21 bits per heavy atom. The third-order valence-electron chi connectivity index (χ3n) is 4.23. The van der Waals surface area contributed by atoms with E-state index >= 15 is 0 Å². The van der Waals surface area contributed by atoms with Crippen LogP contribution in [0.25, 0.3) is 0 Å². The molecule has 3 amide bonds. The Labute approximate surface area is 161 Å². The maximum Gasteiger partial charge on any atom is 0.340 e. The number of amides is 3. The van der Waals surface area contributed by atoms with Crippen molar-refractivity contribution in [2.75, 3.05) is 19.7 Å². The summed E-state index contributed by atoms with van der Waals surface area (Å²) < 4.78 is 5.00. The predicted molar refractivity (Wildman–Crippen MR) is 95.9 cm³/mol. The number of hydrogen-bond acceptors (Lipinski definition) is 7. The van der Waals surface area contributed by atoms with E-state index in [0.29, 0.717) is 19.4 Å². The van der Waals surface area contributed by atoms with Gasteiger partial charge in [0.2, 0.25) is 18.2 Å². The first-order chi connectivity index (χ1) is 13.5. The van der Waals surface area contributed by atoms with Gasteiger partial charge in [-0.1, -0.05) is 0 Å². The van der Waals surface area contributed by atoms with Crippen LogP contribution in [0.5, 0.6) is 0 Å². The van der Waals surface area contributed by atoms with Crippen LogP contribution in [0, 0.1) is 5.92 Å². The van der Waals surface area contributed by atoms with Gasteiger partial charge in [-0.25, -0.2) is 4.79 Å². The van der Waals surface area contributed by atoms with Crippen LogP contribution >= 0.6 is 0 Å². The zero-order valence-corrected chi connectivity index (χ0v) is 15.2. The summed E-state index contributed by atoms with van der Waals surface area (Å²) in [4.78, 5) is 62.5. The number of ether oxygens (including phenoxy) is 1. The zero-order chi connectivity index (χ0) is 20.4. The van der Waals surface area contributed by atoms with Gasteiger partial charge in [0.1, 0.15) is 0 Å². The number of pyridine rings is 1. The highest BCUT2D eigenvalue weighted by molar-refractivity contribution is 5.94. The van der Waals surface area contributed by atoms with Gasteiger partial charge in [0, 0.05) is 24.9 Å². The molecular formula is C18H22N4O6. The van der Waals surface area contributed by atoms with E-state index in [9.17, 15) is 24.0 Å². The van der Waals surface area contributed by atoms with Crippen LogP contribution < -0.4 is 16.0 Å². The van der Waals surface area contributed by atoms with Gasteiger partial charge in [0.25, 0.3) is 0 Å². The molecule has 0 aliphatic carbocycles. The van der Waals surface area contributed by atoms with Gasteiger partial charge in [0.05, 0.1) is 18.2 Å². The standard InChI is InChI=1S/C18H22N4O6/c23-11-20-9-16(25)22-14(7-12-3-2-6-21-17(12)26)15(24)10-28-18(27)13-4-1-5-19-8-13/h1,4-5,8,11-12,14H,2-3,6-7,9-10H2,(H,20,23)(H,21,26)(H,22,25)/t12-,14?/m0/s1. The van der Waals surface area contributed by atoms with E-state index in [1.807, 2.05) is 0 Å². The fourth-order valence-electron chi connectivity index (χ4n) is 2.80. The SMILES string of the molecule is O=CNCC(=O)NC(C[C@@H]1CCCNC1=O)C(=O)COC(=O)c1cccnc1. The summed E-state index contributed by atoms with van der Waals surface area (Å²) in [6.45, 7) is -0.292. The third-order valence-corrected chi connectivity index (χ3v) is 4.23. The second-order valence-corrected chi connectivity index (χ2v) is 6.27. The van der Waals surface area contributed by atoms with Crippen LogP contribution in [0.3, 0.4) is 0 Å². The van der Waals surface area contributed by atoms with Crippen molar-refractivity contribution in [1.29, 1.82) is 0 Å². The number of piperidine rings is 1. The minimum absolute atomic E-state index is 0.0853. The van der Waals surface area contributed by atoms with E-state index in [1.165, 1.54) is 18.5 Å². The first-order valence-corrected chi connectivity index (χ1v) is 8.85. The lowest BCUT2D eigenvalue weighted by Crippen LogP contribution is -2.49. The number of carbonyl (C=O) groups is 5. The van der Waals surface area contributed by atoms with Crippen molar-refractivity contribution in [3.05, 3.63) is 30.1 Å². The van der Waals surface area contributed by atoms with E-state index in [0.717, 1.165) is 6.42 Å². The molecule has 1 aromatic heterocycles. The van der Waals surface area contributed by atoms with Gasteiger partial charge in [0.15, 0.2) is 12.4 Å². The lowest BCUT2D eigenvalue weighted by atomic mass is 9.90. The minimum Gasteiger partial charge on any atom is -0.454 e. The Morgan fingerprint density at radius 1 is 1.39 bits per heavy atom. The van der Waals surface area contributed by atoms with Crippen molar-refractivity contribution >= 4 is 30.0 Å². The van der Waals surface area contributed by atoms with E-state index in [1.54, 1.807) is 6.07 Å². The van der Waals surface area contributed by atoms with Crippen molar-refractivity contribution in [2.45, 2.75) is 25.3 Å². The second kappa shape index (κ2) is 10.8. The van der Waals surface area contributed by atoms with Crippen LogP contribution in [0.15, 0.2) is 24.5 Å². The van der Waals surface area contributed by atoms with E-state index in [-0.39, 0.29) is 24.4 Å². The molecule has 1 fully saturated rings. The summed E-state index contributed by atoms with van der Waals surface area (Å²) >= 11 is 0. The van der Waals surface area contributed by atoms with Crippen molar-refractivity contribution in [3.63, 3.8) is 0 Å². The molecule has 2 rings (SSSR count). The number of esters is 1. The Morgan fingerprint density at radius 3 is 2.89 bits per heavy atom. The average molecular weight is 390 g/mol. The molecule has 10 nitrogen and oxygen atoms in total. The molecule has 2 atom stereocenters. The summed E-state index contributed by atoms with van der Waals surface area (Å²) in [5, 5.41) is 7.41. The van der Waals surface area contributed by atoms with Gasteiger partial charge < -0.3 is 20.7 Å². The van der Waals surface area contributed by atoms with Crippen LogP contribution in [0.1, 0.15) is 29.6 Å². The molecule has 1 aliphatic rings. The quantitative estimate of drug-likeness (QED) is 0.342. The molecule has 1 aliphatic heterocycles. The first kappa shape index (κ1) is 21.0. The Hall–Kier alpha value is -3.30. The van der Waals surface area contributed by atoms with E-state index < -0.39 is 36.2 Å². The fourth-order valence-corrected chi connectivity index (χ4v) is 2.80. The normalized spacial score (nSPS) is 17.0. The topological polar surface area (TPSA) is 144 Å². The molecule has 0 saturated carbocycles. The third kappa shape index (κ3) is 6.45. The van der Waals surface area contributed by atoms with Gasteiger partial charge in [-0.05, 0) is 31.4 Å². The molecule has 0 spiro atoms. The Bertz CT molecular complexity index is 724. The predicted octanol–water partition coefficient (Wildman–Crippen LogP) is -1.05. The maximum atomic E-state index is 12.5. The van der Waals surface area contributed by atoms with Crippen LogP contribution in [-0.4, -0.2) is 60.7 Å². The van der Waals surface area contributed by atoms with Crippen LogP contribution in [0.4, 0.5) is 0 Å². The number of ketones is 1. The number of nitrogens with zero attached hydrogens (tertiary/aromatic N) is 1. The van der Waals surface area contributed by atoms with Crippen molar-refractivity contribution in [2.24, 2.45) is 5.92 Å². The number of Topliss-reactive ketones (excluding diaryl/α,β-unsaturated/α-hetero) is 1. The van der Waals surface area contributed by atoms with Crippen LogP contribution in [0.2, 0.25) is 0 Å². The lowest BCUT2D eigenvalue weighted by molar-refractivity contribution is -0.132. The van der Waals surface area contributed by atoms with Gasteiger partial charge >= 0.3 is 5.97 Å². The Kier molecular flexibility index (Phi) is 8.07. The number of nitrogens with one attached hydrogen (secondary N) is 3. The Balaban J connectivity index is 1.98. The number of carbonyl (C=O) groups excluding carboxylic acids is 5. The molecule has 1 aromatic rings. The summed E-state index contributed by atoms with van der Waals surface area (Å²) in [6.07, 6.45) is 4.61. The van der Waals surface area contributed by atoms with Crippen LogP contribution in [-0.2, 0) is 23.9 Å². The summed E-state index contributed by atoms with van der Waals surface area (Å²) in [5.41, 5.74) is 0.192. The van der Waals surface area contributed by atoms with Gasteiger partial charge in [-0.3, -0.25) is 24.2 Å². The molecule has 0 aromatic carbocycles. The number of hydrogen-bond donors (Lipinski definition) is 3. The maximum absolute atomic E-state index is 12.5. The number of aromatic nitrogens is 1. The number of rotatable bonds is 10. The highest BCUT2D eigenvalue weighted by atomic mass is 16.5. The lowest BCUT2D eigenvalue weighted by Gasteiger charge is -2.26. The van der Waals surface area contributed by atoms with Gasteiger partial charge in [-0.15, -0.1) is 0 Å². The first-order valence-electron chi connectivity index (χ1n) is 8.85. The molecular weight excluding hydrogens is 368 g/mol. The average Bonchev–Trinajstić information content (AvgIpc) is 2.71. The van der Waals surface area contributed by atoms with Crippen molar-refractivity contribution < 1.29 is 28.7 Å². The molecule has 2 heterocycles. The molecule has 0 bridgehead atoms. The molecule has 150 valence electrons. The summed E-state index contributed by atoms with van der Waals surface area (Å²) in [6, 6.07) is 2.04. The molecule has 1 unspecified atom stereocenters. The highest BCUT2D eigenvalue weighted by Gasteiger charge is 2.30. The molecule has 28 heavy (non-hydrogen) atoms. The monoisotopic (exact) mass is 390 g/mol. The smallest absolute Gasteiger partial charge is 0.340 e. The second-order valence-electron chi connectivity index (χ2n) is 6.27. The summed E-state index contributed by atoms with van der Waals surface area (Å²) in [7, 11) is 0. The molecule has 10 heteroatoms. The fraction of sp³-hybridized carbons (Fsp3) is 0.444.